The highest BCUT2D eigenvalue weighted by molar-refractivity contribution is 5.50. The summed E-state index contributed by atoms with van der Waals surface area (Å²) in [5.74, 6) is -1.20. The second kappa shape index (κ2) is 3.12. The van der Waals surface area contributed by atoms with E-state index in [0.717, 1.165) is 6.07 Å². The van der Waals surface area contributed by atoms with Gasteiger partial charge in [0.1, 0.15) is 24.3 Å². The minimum absolute atomic E-state index is 0.295. The molecule has 2 nitrogen and oxygen atoms in total. The van der Waals surface area contributed by atoms with E-state index in [1.807, 2.05) is 0 Å². The lowest BCUT2D eigenvalue weighted by atomic mass is 10.1. The topological polar surface area (TPSA) is 21.6 Å². The predicted octanol–water partition coefficient (Wildman–Crippen LogP) is 1.94. The maximum atomic E-state index is 12.7. The Balaban J connectivity index is 2.34. The fraction of sp³-hybridized carbons (Fsp3) is 0.222. The molecule has 0 fully saturated rings. The van der Waals surface area contributed by atoms with Crippen molar-refractivity contribution in [1.82, 2.24) is 0 Å². The third-order valence-electron chi connectivity index (χ3n) is 1.78. The Bertz CT molecular complexity index is 331. The summed E-state index contributed by atoms with van der Waals surface area (Å²) in [7, 11) is 0. The molecule has 0 saturated heterocycles. The molecule has 1 atom stereocenters. The quantitative estimate of drug-likeness (QED) is 0.650. The normalized spacial score (nSPS) is 20.3. The Hall–Kier alpha value is -1.45. The molecule has 1 aromatic rings. The summed E-state index contributed by atoms with van der Waals surface area (Å²) in [6.07, 6.45) is 2.29. The highest BCUT2D eigenvalue weighted by atomic mass is 19.1. The zero-order valence-corrected chi connectivity index (χ0v) is 6.63. The van der Waals surface area contributed by atoms with Crippen molar-refractivity contribution in [2.24, 2.45) is 4.99 Å². The summed E-state index contributed by atoms with van der Waals surface area (Å²) in [5, 5.41) is 0. The predicted molar refractivity (Wildman–Crippen MR) is 42.5 cm³/mol. The van der Waals surface area contributed by atoms with Crippen LogP contribution in [0.4, 0.5) is 8.78 Å². The van der Waals surface area contributed by atoms with Crippen molar-refractivity contribution in [2.75, 3.05) is 6.61 Å². The van der Waals surface area contributed by atoms with Crippen molar-refractivity contribution in [3.8, 4) is 0 Å². The van der Waals surface area contributed by atoms with Crippen LogP contribution in [-0.4, -0.2) is 13.0 Å². The van der Waals surface area contributed by atoms with Gasteiger partial charge >= 0.3 is 0 Å². The van der Waals surface area contributed by atoms with Crippen molar-refractivity contribution in [2.45, 2.75) is 6.04 Å². The number of aliphatic imine (C=N–C) groups is 1. The van der Waals surface area contributed by atoms with Crippen LogP contribution >= 0.6 is 0 Å². The Morgan fingerprint density at radius 1 is 1.31 bits per heavy atom. The highest BCUT2D eigenvalue weighted by Crippen LogP contribution is 2.22. The summed E-state index contributed by atoms with van der Waals surface area (Å²) in [4.78, 5) is 3.78. The monoisotopic (exact) mass is 182 g/mol. The smallest absolute Gasteiger partial charge is 0.273 e. The lowest BCUT2D eigenvalue weighted by molar-refractivity contribution is 0.330. The van der Waals surface area contributed by atoms with Gasteiger partial charge in [0.2, 0.25) is 0 Å². The van der Waals surface area contributed by atoms with Crippen LogP contribution in [0.15, 0.2) is 23.2 Å². The molecule has 67 valence electrons. The van der Waals surface area contributed by atoms with Crippen LogP contribution in [0.3, 0.4) is 0 Å². The van der Waals surface area contributed by atoms with Crippen LogP contribution in [0.25, 0.3) is 0 Å². The molecular weight excluding hydrogens is 176 g/mol. The van der Waals surface area contributed by atoms with Gasteiger partial charge in [-0.2, -0.15) is 0 Å². The van der Waals surface area contributed by atoms with Crippen molar-refractivity contribution >= 4 is 6.40 Å². The summed E-state index contributed by atoms with van der Waals surface area (Å²) in [6, 6.07) is 2.98. The van der Waals surface area contributed by atoms with Gasteiger partial charge in [-0.1, -0.05) is 0 Å². The minimum atomic E-state index is -0.600. The molecule has 0 spiro atoms. The van der Waals surface area contributed by atoms with Gasteiger partial charge in [0.25, 0.3) is 6.40 Å². The molecule has 0 N–H and O–H groups in total. The number of benzene rings is 1. The summed E-state index contributed by atoms with van der Waals surface area (Å²) in [5.41, 5.74) is 0.475. The lowest BCUT2D eigenvalue weighted by Crippen LogP contribution is -1.98. The number of rotatable bonds is 1. The Kier molecular flexibility index (Phi) is 1.96. The molecule has 1 radical (unpaired) electrons. The highest BCUT2D eigenvalue weighted by Gasteiger charge is 2.16. The van der Waals surface area contributed by atoms with E-state index < -0.39 is 11.6 Å². The van der Waals surface area contributed by atoms with Gasteiger partial charge < -0.3 is 4.74 Å². The average Bonchev–Trinajstić information content (AvgIpc) is 2.53. The van der Waals surface area contributed by atoms with E-state index in [1.54, 1.807) is 0 Å². The van der Waals surface area contributed by atoms with Crippen LogP contribution < -0.4 is 0 Å². The number of hydrogen-bond acceptors (Lipinski definition) is 2. The largest absolute Gasteiger partial charge is 0.471 e. The molecule has 1 aliphatic heterocycles. The molecule has 1 heterocycles. The molecule has 0 amide bonds. The van der Waals surface area contributed by atoms with Crippen LogP contribution in [0.2, 0.25) is 0 Å². The third-order valence-corrected chi connectivity index (χ3v) is 1.78. The van der Waals surface area contributed by atoms with E-state index in [9.17, 15) is 8.78 Å². The molecule has 1 aliphatic rings. The molecule has 2 rings (SSSR count). The van der Waals surface area contributed by atoms with Crippen LogP contribution in [0.5, 0.6) is 0 Å². The Morgan fingerprint density at radius 3 is 2.54 bits per heavy atom. The maximum Gasteiger partial charge on any atom is 0.273 e. The van der Waals surface area contributed by atoms with E-state index in [4.69, 9.17) is 4.74 Å². The summed E-state index contributed by atoms with van der Waals surface area (Å²) >= 11 is 0. The first-order valence-corrected chi connectivity index (χ1v) is 3.78. The molecule has 0 saturated carbocycles. The summed E-state index contributed by atoms with van der Waals surface area (Å²) < 4.78 is 30.2. The van der Waals surface area contributed by atoms with Gasteiger partial charge in [-0.15, -0.1) is 0 Å². The van der Waals surface area contributed by atoms with E-state index in [0.29, 0.717) is 12.2 Å². The number of halogens is 2. The lowest BCUT2D eigenvalue weighted by Gasteiger charge is -2.05. The maximum absolute atomic E-state index is 12.7. The van der Waals surface area contributed by atoms with Gasteiger partial charge in [0.15, 0.2) is 0 Å². The molecule has 0 aliphatic carbocycles. The van der Waals surface area contributed by atoms with Crippen molar-refractivity contribution in [3.05, 3.63) is 35.4 Å². The molecule has 4 heteroatoms. The van der Waals surface area contributed by atoms with Crippen molar-refractivity contribution in [3.63, 3.8) is 0 Å². The van der Waals surface area contributed by atoms with Crippen molar-refractivity contribution < 1.29 is 13.5 Å². The SMILES string of the molecule is Fc1cc(F)cc(C2CO[C]=N2)c1. The first-order chi connectivity index (χ1) is 6.25. The third kappa shape index (κ3) is 1.66. The van der Waals surface area contributed by atoms with E-state index in [-0.39, 0.29) is 6.04 Å². The van der Waals surface area contributed by atoms with E-state index >= 15 is 0 Å². The molecule has 0 bridgehead atoms. The molecule has 13 heavy (non-hydrogen) atoms. The van der Waals surface area contributed by atoms with Gasteiger partial charge in [-0.05, 0) is 17.7 Å². The number of ether oxygens (including phenoxy) is 1. The first-order valence-electron chi connectivity index (χ1n) is 3.78. The van der Waals surface area contributed by atoms with Gasteiger partial charge in [0.05, 0.1) is 0 Å². The number of nitrogens with zero attached hydrogens (tertiary/aromatic N) is 1. The average molecular weight is 182 g/mol. The number of hydrogen-bond donors (Lipinski definition) is 0. The molecule has 0 aromatic heterocycles. The Labute approximate surface area is 73.9 Å². The second-order valence-electron chi connectivity index (χ2n) is 2.75. The standard InChI is InChI=1S/C9H6F2NO/c10-7-1-6(2-8(11)3-7)9-4-13-5-12-9/h1-3,9H,4H2. The van der Waals surface area contributed by atoms with Gasteiger partial charge in [-0.3, -0.25) is 0 Å². The fourth-order valence-corrected chi connectivity index (χ4v) is 1.19. The zero-order chi connectivity index (χ0) is 9.26. The second-order valence-corrected chi connectivity index (χ2v) is 2.75. The Morgan fingerprint density at radius 2 is 2.00 bits per heavy atom. The van der Waals surface area contributed by atoms with Crippen LogP contribution in [0.1, 0.15) is 11.6 Å². The summed E-state index contributed by atoms with van der Waals surface area (Å²) in [6.45, 7) is 0.295. The van der Waals surface area contributed by atoms with Gasteiger partial charge in [-0.25, -0.2) is 13.8 Å². The minimum Gasteiger partial charge on any atom is -0.471 e. The van der Waals surface area contributed by atoms with Crippen LogP contribution in [0, 0.1) is 11.6 Å². The molecule has 1 aromatic carbocycles. The van der Waals surface area contributed by atoms with Crippen LogP contribution in [-0.2, 0) is 4.74 Å². The van der Waals surface area contributed by atoms with E-state index in [1.165, 1.54) is 12.1 Å². The van der Waals surface area contributed by atoms with Gasteiger partial charge in [0, 0.05) is 6.07 Å². The molecule has 1 unspecified atom stereocenters. The fourth-order valence-electron chi connectivity index (χ4n) is 1.19. The first kappa shape index (κ1) is 8.16. The van der Waals surface area contributed by atoms with E-state index in [2.05, 4.69) is 11.4 Å². The zero-order valence-electron chi connectivity index (χ0n) is 6.63. The van der Waals surface area contributed by atoms with Crippen molar-refractivity contribution in [1.29, 1.82) is 0 Å². The molecular formula is C9H6F2NO.